The number of phosphoric ester groups is 1. The van der Waals surface area contributed by atoms with Gasteiger partial charge in [0.05, 0.1) is 27.2 Å². The third-order valence-electron chi connectivity index (χ3n) is 10.1. The van der Waals surface area contributed by atoms with Crippen LogP contribution in [0.25, 0.3) is 11.2 Å². The van der Waals surface area contributed by atoms with Gasteiger partial charge in [-0.2, -0.15) is 0 Å². The highest BCUT2D eigenvalue weighted by Gasteiger charge is 2.46. The van der Waals surface area contributed by atoms with E-state index in [1.54, 1.807) is 43.1 Å². The molecule has 0 bridgehead atoms. The molecule has 3 heterocycles. The second-order valence-corrected chi connectivity index (χ2v) is 15.5. The van der Waals surface area contributed by atoms with Gasteiger partial charge in [0.25, 0.3) is 5.91 Å². The van der Waals surface area contributed by atoms with Crippen molar-refractivity contribution in [2.75, 3.05) is 26.1 Å². The maximum absolute atomic E-state index is 13.7. The molecule has 16 heteroatoms. The lowest BCUT2D eigenvalue weighted by Crippen LogP contribution is -2.38. The third kappa shape index (κ3) is 8.61. The van der Waals surface area contributed by atoms with Crippen molar-refractivity contribution in [2.45, 2.75) is 30.5 Å². The number of rotatable bonds is 15. The number of ether oxygens (including phenoxy) is 4. The molecule has 1 fully saturated rings. The molecule has 1 amide bonds. The predicted octanol–water partition coefficient (Wildman–Crippen LogP) is 8.61. The van der Waals surface area contributed by atoms with Gasteiger partial charge in [-0.3, -0.25) is 18.8 Å². The van der Waals surface area contributed by atoms with E-state index in [9.17, 15) is 14.3 Å². The molecule has 2 aromatic heterocycles. The van der Waals surface area contributed by atoms with Crippen LogP contribution in [0, 0.1) is 0 Å². The summed E-state index contributed by atoms with van der Waals surface area (Å²) in [5, 5.41) is 3.24. The molecule has 7 aromatic rings. The van der Waals surface area contributed by atoms with Crippen molar-refractivity contribution in [2.24, 2.45) is 0 Å². The van der Waals surface area contributed by atoms with E-state index in [1.165, 1.54) is 36.9 Å². The van der Waals surface area contributed by atoms with Gasteiger partial charge in [-0.1, -0.05) is 84.4 Å². The summed E-state index contributed by atoms with van der Waals surface area (Å²) in [7, 11) is -1.59. The largest absolute Gasteiger partial charge is 0.527 e. The summed E-state index contributed by atoms with van der Waals surface area (Å²) in [5.41, 5.74) is 2.20. The van der Waals surface area contributed by atoms with Crippen LogP contribution < -0.4 is 19.3 Å². The fourth-order valence-electron chi connectivity index (χ4n) is 7.16. The Hall–Kier alpha value is -6.12. The molecule has 0 saturated carbocycles. The first kappa shape index (κ1) is 40.7. The van der Waals surface area contributed by atoms with Gasteiger partial charge in [0.1, 0.15) is 47.6 Å². The van der Waals surface area contributed by atoms with E-state index in [0.717, 1.165) is 16.7 Å². The summed E-state index contributed by atoms with van der Waals surface area (Å²) < 4.78 is 51.6. The highest BCUT2D eigenvalue weighted by Crippen LogP contribution is 2.50. The molecule has 4 atom stereocenters. The second-order valence-electron chi connectivity index (χ2n) is 13.7. The van der Waals surface area contributed by atoms with E-state index in [2.05, 4.69) is 20.3 Å². The Kier molecular flexibility index (Phi) is 11.9. The van der Waals surface area contributed by atoms with Crippen LogP contribution in [-0.2, 0) is 24.2 Å². The molecule has 8 rings (SSSR count). The Morgan fingerprint density at radius 1 is 0.817 bits per heavy atom. The Balaban J connectivity index is 1.16. The van der Waals surface area contributed by atoms with Crippen LogP contribution in [0.5, 0.6) is 17.2 Å². The van der Waals surface area contributed by atoms with E-state index >= 15 is 0 Å². The van der Waals surface area contributed by atoms with Crippen LogP contribution in [0.3, 0.4) is 0 Å². The number of imidazole rings is 1. The molecule has 1 aliphatic heterocycles. The molecular formula is C44H39ClN5O9P. The molecule has 14 nitrogen and oxygen atoms in total. The van der Waals surface area contributed by atoms with Gasteiger partial charge in [-0.25, -0.2) is 19.5 Å². The van der Waals surface area contributed by atoms with Crippen molar-refractivity contribution in [3.63, 3.8) is 0 Å². The molecule has 5 aromatic carbocycles. The highest BCUT2D eigenvalue weighted by molar-refractivity contribution is 7.47. The first-order chi connectivity index (χ1) is 29.2. The number of nitrogens with one attached hydrogen (secondary N) is 1. The molecule has 1 aliphatic rings. The summed E-state index contributed by atoms with van der Waals surface area (Å²) >= 11 is 6.04. The van der Waals surface area contributed by atoms with Gasteiger partial charge in [0.2, 0.25) is 0 Å². The van der Waals surface area contributed by atoms with E-state index in [-0.39, 0.29) is 30.5 Å². The van der Waals surface area contributed by atoms with Gasteiger partial charge in [0, 0.05) is 17.0 Å². The average Bonchev–Trinajstić information content (AvgIpc) is 3.90. The number of hydrogen-bond donors (Lipinski definition) is 2. The molecular weight excluding hydrogens is 809 g/mol. The number of carbonyl (C=O) groups excluding carboxylic acids is 1. The van der Waals surface area contributed by atoms with Gasteiger partial charge in [0.15, 0.2) is 17.0 Å². The maximum atomic E-state index is 13.7. The minimum atomic E-state index is -4.78. The Bertz CT molecular complexity index is 2550. The number of anilines is 1. The van der Waals surface area contributed by atoms with E-state index in [0.29, 0.717) is 33.2 Å². The van der Waals surface area contributed by atoms with E-state index < -0.39 is 31.9 Å². The number of amides is 1. The van der Waals surface area contributed by atoms with E-state index in [4.69, 9.17) is 39.6 Å². The van der Waals surface area contributed by atoms with Crippen molar-refractivity contribution in [1.29, 1.82) is 0 Å². The summed E-state index contributed by atoms with van der Waals surface area (Å²) in [6.45, 7) is -0.144. The summed E-state index contributed by atoms with van der Waals surface area (Å²) in [4.78, 5) is 37.5. The SMILES string of the molecule is COc1ccc(C(OC[C@H]2O[C@@H](n3cnc4c(NC(=O)c5ccccc5)ncnc43)C[C@@H]2OP(=O)(O)Oc2ccc(Cl)cc2)(c2ccccc2)c2ccc(OC)cc2)cc1. The number of methoxy groups -OCH3 is 2. The van der Waals surface area contributed by atoms with Crippen LogP contribution in [0.2, 0.25) is 5.02 Å². The zero-order valence-electron chi connectivity index (χ0n) is 32.3. The number of fused-ring (bicyclic) bond motifs is 1. The number of aromatic nitrogens is 4. The van der Waals surface area contributed by atoms with Crippen LogP contribution in [0.15, 0.2) is 146 Å². The lowest BCUT2D eigenvalue weighted by atomic mass is 9.80. The zero-order chi connectivity index (χ0) is 41.7. The van der Waals surface area contributed by atoms with Crippen LogP contribution >= 0.6 is 19.4 Å². The lowest BCUT2D eigenvalue weighted by molar-refractivity contribution is -0.0919. The van der Waals surface area contributed by atoms with Crippen molar-refractivity contribution in [1.82, 2.24) is 19.5 Å². The summed E-state index contributed by atoms with van der Waals surface area (Å²) in [5.74, 6) is 1.22. The normalized spacial score (nSPS) is 17.5. The van der Waals surface area contributed by atoms with Crippen molar-refractivity contribution in [3.05, 3.63) is 173 Å². The zero-order valence-corrected chi connectivity index (χ0v) is 34.0. The minimum absolute atomic E-state index is 0.0487. The fraction of sp³-hybridized carbons (Fsp3) is 0.182. The topological polar surface area (TPSA) is 165 Å². The predicted molar refractivity (Wildman–Crippen MR) is 223 cm³/mol. The Morgan fingerprint density at radius 3 is 2.02 bits per heavy atom. The third-order valence-corrected chi connectivity index (χ3v) is 11.3. The lowest BCUT2D eigenvalue weighted by Gasteiger charge is -2.37. The van der Waals surface area contributed by atoms with Crippen molar-refractivity contribution < 1.29 is 42.2 Å². The Labute approximate surface area is 350 Å². The molecule has 60 heavy (non-hydrogen) atoms. The minimum Gasteiger partial charge on any atom is -0.497 e. The first-order valence-corrected chi connectivity index (χ1v) is 20.7. The highest BCUT2D eigenvalue weighted by atomic mass is 35.5. The van der Waals surface area contributed by atoms with Crippen LogP contribution in [0.1, 0.15) is 39.7 Å². The fourth-order valence-corrected chi connectivity index (χ4v) is 8.28. The van der Waals surface area contributed by atoms with Gasteiger partial charge in [-0.15, -0.1) is 0 Å². The van der Waals surface area contributed by atoms with E-state index in [1.807, 2.05) is 84.9 Å². The quantitative estimate of drug-likeness (QED) is 0.0747. The smallest absolute Gasteiger partial charge is 0.497 e. The molecule has 1 saturated heterocycles. The number of nitrogens with zero attached hydrogens (tertiary/aromatic N) is 4. The number of phosphoric acid groups is 1. The van der Waals surface area contributed by atoms with Crippen molar-refractivity contribution >= 4 is 42.3 Å². The summed E-state index contributed by atoms with van der Waals surface area (Å²) in [6.07, 6.45) is 0.0197. The number of hydrogen-bond acceptors (Lipinski definition) is 11. The summed E-state index contributed by atoms with van der Waals surface area (Å²) in [6, 6.07) is 39.5. The standard InChI is InChI=1S/C44H39ClN5O9P/c1-54-34-19-13-31(14-20-34)44(30-11-7-4-8-12-30,32-15-21-35(55-2)22-16-32)56-26-38-37(59-60(52,53)58-36-23-17-33(45)18-24-36)25-39(57-38)50-28-48-40-41(46-27-47-42(40)50)49-43(51)29-9-5-3-6-10-29/h3-24,27-28,37-39H,25-26H2,1-2H3,(H,52,53)(H,46,47,49,51)/t37-,38+,39+/m0/s1. The number of benzene rings is 5. The maximum Gasteiger partial charge on any atom is 0.527 e. The van der Waals surface area contributed by atoms with Crippen LogP contribution in [0.4, 0.5) is 5.82 Å². The van der Waals surface area contributed by atoms with Gasteiger partial charge in [-0.05, 0) is 77.4 Å². The average molecular weight is 848 g/mol. The number of carbonyl (C=O) groups is 1. The molecule has 0 aliphatic carbocycles. The first-order valence-electron chi connectivity index (χ1n) is 18.8. The molecule has 2 N–H and O–H groups in total. The Morgan fingerprint density at radius 2 is 1.40 bits per heavy atom. The van der Waals surface area contributed by atoms with Crippen molar-refractivity contribution in [3.8, 4) is 17.2 Å². The molecule has 306 valence electrons. The van der Waals surface area contributed by atoms with Crippen LogP contribution in [-0.4, -0.2) is 63.4 Å². The van der Waals surface area contributed by atoms with Gasteiger partial charge < -0.3 is 28.8 Å². The molecule has 0 radical (unpaired) electrons. The second kappa shape index (κ2) is 17.6. The number of halogens is 1. The van der Waals surface area contributed by atoms with Gasteiger partial charge >= 0.3 is 7.82 Å². The monoisotopic (exact) mass is 847 g/mol. The molecule has 0 spiro atoms. The molecule has 1 unspecified atom stereocenters.